The molecule has 0 bridgehead atoms. The van der Waals surface area contributed by atoms with Crippen molar-refractivity contribution in [2.24, 2.45) is 5.92 Å². The number of imidazole rings is 1. The van der Waals surface area contributed by atoms with Crippen LogP contribution in [0, 0.1) is 5.92 Å². The predicted molar refractivity (Wildman–Crippen MR) is 72.2 cm³/mol. The van der Waals surface area contributed by atoms with E-state index in [1.165, 1.54) is 6.33 Å². The highest BCUT2D eigenvalue weighted by molar-refractivity contribution is 5.82. The molecule has 2 amide bonds. The molecule has 0 aliphatic carbocycles. The second-order valence-electron chi connectivity index (χ2n) is 5.31. The Morgan fingerprint density at radius 2 is 2.45 bits per heavy atom. The van der Waals surface area contributed by atoms with Gasteiger partial charge in [0.1, 0.15) is 6.04 Å². The number of likely N-dealkylation sites (tertiary alicyclic amines) is 1. The van der Waals surface area contributed by atoms with Gasteiger partial charge in [0.15, 0.2) is 0 Å². The maximum absolute atomic E-state index is 12.1. The summed E-state index contributed by atoms with van der Waals surface area (Å²) in [5.41, 5.74) is 0.685. The number of piperidine rings is 1. The van der Waals surface area contributed by atoms with Gasteiger partial charge in [-0.1, -0.05) is 6.92 Å². The van der Waals surface area contributed by atoms with Crippen LogP contribution in [0.5, 0.6) is 0 Å². The molecule has 7 heteroatoms. The molecule has 0 saturated carbocycles. The summed E-state index contributed by atoms with van der Waals surface area (Å²) in [7, 11) is 0. The summed E-state index contributed by atoms with van der Waals surface area (Å²) in [5.74, 6) is -0.580. The zero-order valence-corrected chi connectivity index (χ0v) is 11.5. The lowest BCUT2D eigenvalue weighted by Crippen LogP contribution is -2.51. The molecule has 2 unspecified atom stereocenters. The van der Waals surface area contributed by atoms with Crippen LogP contribution >= 0.6 is 0 Å². The quantitative estimate of drug-likeness (QED) is 0.761. The van der Waals surface area contributed by atoms with E-state index in [0.717, 1.165) is 12.8 Å². The number of H-pyrrole nitrogens is 1. The number of hydrogen-bond acceptors (Lipinski definition) is 3. The van der Waals surface area contributed by atoms with E-state index >= 15 is 0 Å². The summed E-state index contributed by atoms with van der Waals surface area (Å²) in [4.78, 5) is 31.7. The molecule has 1 saturated heterocycles. The largest absolute Gasteiger partial charge is 0.480 e. The van der Waals surface area contributed by atoms with Gasteiger partial charge in [-0.3, -0.25) is 0 Å². The first-order chi connectivity index (χ1) is 9.56. The number of aromatic amines is 1. The van der Waals surface area contributed by atoms with Crippen molar-refractivity contribution in [3.8, 4) is 0 Å². The van der Waals surface area contributed by atoms with Crippen molar-refractivity contribution in [1.29, 1.82) is 0 Å². The molecule has 1 aromatic rings. The van der Waals surface area contributed by atoms with Crippen molar-refractivity contribution < 1.29 is 14.7 Å². The molecule has 7 nitrogen and oxygen atoms in total. The SMILES string of the molecule is CC1CCCN(C(=O)NC(Cc2cnc[nH]2)C(=O)O)C1. The van der Waals surface area contributed by atoms with Crippen molar-refractivity contribution in [1.82, 2.24) is 20.2 Å². The molecule has 0 spiro atoms. The van der Waals surface area contributed by atoms with E-state index in [9.17, 15) is 14.7 Å². The third-order valence-electron chi connectivity index (χ3n) is 3.52. The molecule has 1 aliphatic rings. The van der Waals surface area contributed by atoms with Gasteiger partial charge in [0.2, 0.25) is 0 Å². The maximum atomic E-state index is 12.1. The van der Waals surface area contributed by atoms with E-state index in [2.05, 4.69) is 22.2 Å². The highest BCUT2D eigenvalue weighted by atomic mass is 16.4. The Bertz CT molecular complexity index is 460. The number of urea groups is 1. The standard InChI is InChI=1S/C13H20N4O3/c1-9-3-2-4-17(7-9)13(20)16-11(12(18)19)5-10-6-14-8-15-10/h6,8-9,11H,2-5,7H2,1H3,(H,14,15)(H,16,20)(H,18,19). The molecule has 110 valence electrons. The molecule has 20 heavy (non-hydrogen) atoms. The van der Waals surface area contributed by atoms with Crippen molar-refractivity contribution in [2.75, 3.05) is 13.1 Å². The zero-order valence-electron chi connectivity index (χ0n) is 11.5. The number of aliphatic carboxylic acids is 1. The summed E-state index contributed by atoms with van der Waals surface area (Å²) < 4.78 is 0. The fourth-order valence-electron chi connectivity index (χ4n) is 2.43. The number of nitrogens with one attached hydrogen (secondary N) is 2. The van der Waals surface area contributed by atoms with Crippen LogP contribution in [0.4, 0.5) is 4.79 Å². The first kappa shape index (κ1) is 14.4. The van der Waals surface area contributed by atoms with Gasteiger partial charge in [-0.15, -0.1) is 0 Å². The lowest BCUT2D eigenvalue weighted by atomic mass is 10.0. The van der Waals surface area contributed by atoms with Gasteiger partial charge in [-0.25, -0.2) is 14.6 Å². The van der Waals surface area contributed by atoms with Crippen LogP contribution in [-0.2, 0) is 11.2 Å². The highest BCUT2D eigenvalue weighted by Crippen LogP contribution is 2.15. The number of carbonyl (C=O) groups excluding carboxylic acids is 1. The average Bonchev–Trinajstić information content (AvgIpc) is 2.90. The highest BCUT2D eigenvalue weighted by Gasteiger charge is 2.26. The number of amides is 2. The number of hydrogen-bond donors (Lipinski definition) is 3. The van der Waals surface area contributed by atoms with Gasteiger partial charge in [-0.05, 0) is 18.8 Å². The van der Waals surface area contributed by atoms with Crippen LogP contribution in [0.1, 0.15) is 25.5 Å². The van der Waals surface area contributed by atoms with E-state index in [1.807, 2.05) is 0 Å². The fraction of sp³-hybridized carbons (Fsp3) is 0.615. The van der Waals surface area contributed by atoms with Crippen LogP contribution in [-0.4, -0.2) is 51.1 Å². The van der Waals surface area contributed by atoms with E-state index in [-0.39, 0.29) is 12.5 Å². The van der Waals surface area contributed by atoms with E-state index < -0.39 is 12.0 Å². The third kappa shape index (κ3) is 3.72. The Kier molecular flexibility index (Phi) is 4.60. The van der Waals surface area contributed by atoms with Crippen molar-refractivity contribution >= 4 is 12.0 Å². The Morgan fingerprint density at radius 1 is 1.65 bits per heavy atom. The van der Waals surface area contributed by atoms with Crippen LogP contribution < -0.4 is 5.32 Å². The molecule has 1 aromatic heterocycles. The minimum absolute atomic E-state index is 0.199. The molecule has 1 aliphatic heterocycles. The molecule has 2 heterocycles. The summed E-state index contributed by atoms with van der Waals surface area (Å²) in [6.45, 7) is 3.47. The lowest BCUT2D eigenvalue weighted by Gasteiger charge is -2.31. The number of carbonyl (C=O) groups is 2. The molecular weight excluding hydrogens is 260 g/mol. The van der Waals surface area contributed by atoms with Gasteiger partial charge in [0, 0.05) is 31.4 Å². The van der Waals surface area contributed by atoms with Gasteiger partial charge in [-0.2, -0.15) is 0 Å². The summed E-state index contributed by atoms with van der Waals surface area (Å²) >= 11 is 0. The molecular formula is C13H20N4O3. The molecule has 3 N–H and O–H groups in total. The molecule has 2 rings (SSSR count). The Balaban J connectivity index is 1.93. The number of carboxylic acids is 1. The van der Waals surface area contributed by atoms with Gasteiger partial charge >= 0.3 is 12.0 Å². The molecule has 2 atom stereocenters. The molecule has 0 aromatic carbocycles. The number of aromatic nitrogens is 2. The maximum Gasteiger partial charge on any atom is 0.326 e. The minimum atomic E-state index is -1.04. The summed E-state index contributed by atoms with van der Waals surface area (Å²) in [5, 5.41) is 11.8. The molecule has 0 radical (unpaired) electrons. The predicted octanol–water partition coefficient (Wildman–Crippen LogP) is 0.847. The first-order valence-corrected chi connectivity index (χ1v) is 6.81. The van der Waals surface area contributed by atoms with Crippen LogP contribution in [0.15, 0.2) is 12.5 Å². The fourth-order valence-corrected chi connectivity index (χ4v) is 2.43. The van der Waals surface area contributed by atoms with E-state index in [4.69, 9.17) is 0 Å². The van der Waals surface area contributed by atoms with Crippen LogP contribution in [0.2, 0.25) is 0 Å². The lowest BCUT2D eigenvalue weighted by molar-refractivity contribution is -0.139. The van der Waals surface area contributed by atoms with E-state index in [0.29, 0.717) is 24.7 Å². The van der Waals surface area contributed by atoms with Gasteiger partial charge < -0.3 is 20.3 Å². The zero-order chi connectivity index (χ0) is 14.5. The summed E-state index contributed by atoms with van der Waals surface area (Å²) in [6.07, 6.45) is 5.32. The van der Waals surface area contributed by atoms with Gasteiger partial charge in [0.25, 0.3) is 0 Å². The van der Waals surface area contributed by atoms with Crippen molar-refractivity contribution in [3.63, 3.8) is 0 Å². The minimum Gasteiger partial charge on any atom is -0.480 e. The molecule has 1 fully saturated rings. The van der Waals surface area contributed by atoms with Crippen molar-refractivity contribution in [3.05, 3.63) is 18.2 Å². The third-order valence-corrected chi connectivity index (χ3v) is 3.52. The smallest absolute Gasteiger partial charge is 0.326 e. The second kappa shape index (κ2) is 6.40. The second-order valence-corrected chi connectivity index (χ2v) is 5.31. The monoisotopic (exact) mass is 280 g/mol. The Hall–Kier alpha value is -2.05. The first-order valence-electron chi connectivity index (χ1n) is 6.81. The Morgan fingerprint density at radius 3 is 3.05 bits per heavy atom. The average molecular weight is 280 g/mol. The topological polar surface area (TPSA) is 98.3 Å². The van der Waals surface area contributed by atoms with E-state index in [1.54, 1.807) is 11.1 Å². The number of carboxylic acid groups (broad SMARTS) is 1. The number of rotatable bonds is 4. The number of nitrogens with zero attached hydrogens (tertiary/aromatic N) is 2. The normalized spacial score (nSPS) is 20.4. The van der Waals surface area contributed by atoms with Crippen LogP contribution in [0.25, 0.3) is 0 Å². The van der Waals surface area contributed by atoms with Crippen LogP contribution in [0.3, 0.4) is 0 Å². The summed E-state index contributed by atoms with van der Waals surface area (Å²) in [6, 6.07) is -1.25. The van der Waals surface area contributed by atoms with Gasteiger partial charge in [0.05, 0.1) is 6.33 Å². The Labute approximate surface area is 117 Å². The van der Waals surface area contributed by atoms with Crippen molar-refractivity contribution in [2.45, 2.75) is 32.2 Å².